The third-order valence-corrected chi connectivity index (χ3v) is 5.81. The Balaban J connectivity index is 1.85. The third kappa shape index (κ3) is 4.21. The van der Waals surface area contributed by atoms with Gasteiger partial charge < -0.3 is 0 Å². The molecule has 2 nitrogen and oxygen atoms in total. The monoisotopic (exact) mass is 280 g/mol. The van der Waals surface area contributed by atoms with E-state index >= 15 is 0 Å². The summed E-state index contributed by atoms with van der Waals surface area (Å²) in [6.07, 6.45) is 11.2. The van der Waals surface area contributed by atoms with Gasteiger partial charge in [0, 0.05) is 12.1 Å². The van der Waals surface area contributed by atoms with Gasteiger partial charge in [0.15, 0.2) is 0 Å². The molecule has 4 unspecified atom stereocenters. The average molecular weight is 280 g/mol. The predicted molar refractivity (Wildman–Crippen MR) is 87.4 cm³/mol. The molecule has 0 radical (unpaired) electrons. The molecule has 2 heteroatoms. The van der Waals surface area contributed by atoms with Gasteiger partial charge in [-0.25, -0.2) is 0 Å². The van der Waals surface area contributed by atoms with Crippen molar-refractivity contribution in [2.75, 3.05) is 0 Å². The average Bonchev–Trinajstić information content (AvgIpc) is 2.45. The van der Waals surface area contributed by atoms with Crippen LogP contribution in [-0.4, -0.2) is 12.1 Å². The molecule has 2 N–H and O–H groups in total. The molecule has 2 saturated carbocycles. The quantitative estimate of drug-likeness (QED) is 0.724. The molecule has 0 saturated heterocycles. The first-order valence-electron chi connectivity index (χ1n) is 9.10. The maximum atomic E-state index is 3.76. The maximum absolute atomic E-state index is 3.76. The van der Waals surface area contributed by atoms with Gasteiger partial charge in [-0.1, -0.05) is 53.4 Å². The summed E-state index contributed by atoms with van der Waals surface area (Å²) in [6.45, 7) is 9.56. The van der Waals surface area contributed by atoms with E-state index in [1.165, 1.54) is 51.4 Å². The minimum absolute atomic E-state index is 0.693. The van der Waals surface area contributed by atoms with Crippen molar-refractivity contribution in [1.82, 2.24) is 10.9 Å². The molecule has 118 valence electrons. The molecule has 0 bridgehead atoms. The third-order valence-electron chi connectivity index (χ3n) is 5.81. The highest BCUT2D eigenvalue weighted by Crippen LogP contribution is 2.32. The SMILES string of the molecule is CC(C)C1CCCCC1NNC1CCCCC1C(C)C. The Kier molecular flexibility index (Phi) is 6.35. The molecule has 20 heavy (non-hydrogen) atoms. The Morgan fingerprint density at radius 2 is 0.950 bits per heavy atom. The van der Waals surface area contributed by atoms with Gasteiger partial charge in [-0.3, -0.25) is 10.9 Å². The first-order valence-corrected chi connectivity index (χ1v) is 9.10. The number of hydrogen-bond donors (Lipinski definition) is 2. The summed E-state index contributed by atoms with van der Waals surface area (Å²) < 4.78 is 0. The molecular weight excluding hydrogens is 244 g/mol. The lowest BCUT2D eigenvalue weighted by Crippen LogP contribution is -2.54. The van der Waals surface area contributed by atoms with E-state index in [1.807, 2.05) is 0 Å². The predicted octanol–water partition coefficient (Wildman–Crippen LogP) is 4.51. The van der Waals surface area contributed by atoms with E-state index in [0.29, 0.717) is 12.1 Å². The van der Waals surface area contributed by atoms with Crippen molar-refractivity contribution in [2.24, 2.45) is 23.7 Å². The molecule has 0 amide bonds. The smallest absolute Gasteiger partial charge is 0.0243 e. The van der Waals surface area contributed by atoms with E-state index in [4.69, 9.17) is 0 Å². The van der Waals surface area contributed by atoms with Gasteiger partial charge in [0.2, 0.25) is 0 Å². The minimum atomic E-state index is 0.693. The summed E-state index contributed by atoms with van der Waals surface area (Å²) in [7, 11) is 0. The molecule has 4 atom stereocenters. The molecule has 2 fully saturated rings. The number of hydrazine groups is 1. The van der Waals surface area contributed by atoms with Crippen LogP contribution in [0.3, 0.4) is 0 Å². The molecule has 0 aliphatic heterocycles. The van der Waals surface area contributed by atoms with Gasteiger partial charge in [-0.2, -0.15) is 0 Å². The van der Waals surface area contributed by atoms with Gasteiger partial charge in [0.1, 0.15) is 0 Å². The first kappa shape index (κ1) is 16.3. The lowest BCUT2D eigenvalue weighted by atomic mass is 9.77. The van der Waals surface area contributed by atoms with Crippen molar-refractivity contribution >= 4 is 0 Å². The molecule has 0 heterocycles. The van der Waals surface area contributed by atoms with Gasteiger partial charge >= 0.3 is 0 Å². The fraction of sp³-hybridized carbons (Fsp3) is 1.00. The summed E-state index contributed by atoms with van der Waals surface area (Å²) in [6, 6.07) is 1.39. The van der Waals surface area contributed by atoms with Crippen LogP contribution in [0.5, 0.6) is 0 Å². The van der Waals surface area contributed by atoms with Crippen LogP contribution in [0.15, 0.2) is 0 Å². The zero-order valence-electron chi connectivity index (χ0n) is 14.1. The normalized spacial score (nSPS) is 35.7. The zero-order valence-corrected chi connectivity index (χ0v) is 14.1. The summed E-state index contributed by atoms with van der Waals surface area (Å²) >= 11 is 0. The van der Waals surface area contributed by atoms with Crippen LogP contribution in [-0.2, 0) is 0 Å². The minimum Gasteiger partial charge on any atom is -0.254 e. The second kappa shape index (κ2) is 7.79. The molecule has 0 aromatic heterocycles. The standard InChI is InChI=1S/C18H36N2/c1-13(2)15-9-5-7-11-17(15)19-20-18-12-8-6-10-16(18)14(3)4/h13-20H,5-12H2,1-4H3. The lowest BCUT2D eigenvalue weighted by molar-refractivity contribution is 0.141. The van der Waals surface area contributed by atoms with E-state index in [0.717, 1.165) is 23.7 Å². The Morgan fingerprint density at radius 3 is 1.30 bits per heavy atom. The second-order valence-corrected chi connectivity index (χ2v) is 7.89. The highest BCUT2D eigenvalue weighted by molar-refractivity contribution is 4.85. The summed E-state index contributed by atoms with van der Waals surface area (Å²) in [5, 5.41) is 0. The van der Waals surface area contributed by atoms with E-state index in [-0.39, 0.29) is 0 Å². The summed E-state index contributed by atoms with van der Waals surface area (Å²) in [4.78, 5) is 0. The fourth-order valence-corrected chi connectivity index (χ4v) is 4.49. The molecule has 0 aromatic carbocycles. The first-order chi connectivity index (χ1) is 9.59. The summed E-state index contributed by atoms with van der Waals surface area (Å²) in [5.74, 6) is 3.33. The van der Waals surface area contributed by atoms with E-state index in [1.54, 1.807) is 0 Å². The van der Waals surface area contributed by atoms with Crippen LogP contribution < -0.4 is 10.9 Å². The van der Waals surface area contributed by atoms with Crippen LogP contribution >= 0.6 is 0 Å². The van der Waals surface area contributed by atoms with E-state index in [9.17, 15) is 0 Å². The van der Waals surface area contributed by atoms with Crippen molar-refractivity contribution < 1.29 is 0 Å². The van der Waals surface area contributed by atoms with Crippen molar-refractivity contribution in [3.05, 3.63) is 0 Å². The molecule has 0 aromatic rings. The highest BCUT2D eigenvalue weighted by atomic mass is 15.4. The highest BCUT2D eigenvalue weighted by Gasteiger charge is 2.31. The lowest BCUT2D eigenvalue weighted by Gasteiger charge is -2.39. The number of nitrogens with one attached hydrogen (secondary N) is 2. The fourth-order valence-electron chi connectivity index (χ4n) is 4.49. The largest absolute Gasteiger partial charge is 0.254 e. The molecule has 2 aliphatic carbocycles. The van der Waals surface area contributed by atoms with E-state index < -0.39 is 0 Å². The van der Waals surface area contributed by atoms with Gasteiger partial charge in [-0.15, -0.1) is 0 Å². The number of rotatable bonds is 5. The van der Waals surface area contributed by atoms with Crippen molar-refractivity contribution in [3.8, 4) is 0 Å². The van der Waals surface area contributed by atoms with Crippen molar-refractivity contribution in [2.45, 2.75) is 91.1 Å². The van der Waals surface area contributed by atoms with Crippen molar-refractivity contribution in [3.63, 3.8) is 0 Å². The van der Waals surface area contributed by atoms with Crippen LogP contribution in [0.25, 0.3) is 0 Å². The van der Waals surface area contributed by atoms with Crippen LogP contribution in [0, 0.1) is 23.7 Å². The molecule has 0 spiro atoms. The van der Waals surface area contributed by atoms with Crippen molar-refractivity contribution in [1.29, 1.82) is 0 Å². The molecule has 2 rings (SSSR count). The van der Waals surface area contributed by atoms with Crippen LogP contribution in [0.2, 0.25) is 0 Å². The van der Waals surface area contributed by atoms with Gasteiger partial charge in [-0.05, 0) is 49.4 Å². The van der Waals surface area contributed by atoms with Gasteiger partial charge in [0.05, 0.1) is 0 Å². The topological polar surface area (TPSA) is 24.1 Å². The summed E-state index contributed by atoms with van der Waals surface area (Å²) in [5.41, 5.74) is 7.52. The van der Waals surface area contributed by atoms with Crippen LogP contribution in [0.1, 0.15) is 79.1 Å². The Labute approximate surface area is 126 Å². The van der Waals surface area contributed by atoms with Gasteiger partial charge in [0.25, 0.3) is 0 Å². The zero-order chi connectivity index (χ0) is 14.5. The maximum Gasteiger partial charge on any atom is 0.0243 e. The van der Waals surface area contributed by atoms with E-state index in [2.05, 4.69) is 38.5 Å². The Bertz CT molecular complexity index is 247. The number of hydrogen-bond acceptors (Lipinski definition) is 2. The Hall–Kier alpha value is -0.0800. The van der Waals surface area contributed by atoms with Crippen LogP contribution in [0.4, 0.5) is 0 Å². The Morgan fingerprint density at radius 1 is 0.600 bits per heavy atom. The molecule has 2 aliphatic rings. The molecular formula is C18H36N2. The second-order valence-electron chi connectivity index (χ2n) is 7.89.